The first kappa shape index (κ1) is 15.1. The van der Waals surface area contributed by atoms with Crippen molar-refractivity contribution in [1.29, 1.82) is 0 Å². The van der Waals surface area contributed by atoms with E-state index in [9.17, 15) is 4.79 Å². The quantitative estimate of drug-likeness (QED) is 0.817. The first-order valence-corrected chi connectivity index (χ1v) is 7.72. The molecule has 2 aromatic rings. The molecule has 3 rings (SSSR count). The Labute approximate surface area is 141 Å². The number of nitrogens with one attached hydrogen (secondary N) is 1. The Hall–Kier alpha value is -1.85. The smallest absolute Gasteiger partial charge is 0.292 e. The predicted octanol–water partition coefficient (Wildman–Crippen LogP) is 4.07. The van der Waals surface area contributed by atoms with Gasteiger partial charge in [0, 0.05) is 15.9 Å². The SMILES string of the molecule is C=NC1(Cc2ccc(Br)cc2)Oc2ccc(Cl)cc2NC1=O. The minimum Gasteiger partial charge on any atom is -0.454 e. The summed E-state index contributed by atoms with van der Waals surface area (Å²) in [6.07, 6.45) is 0.289. The van der Waals surface area contributed by atoms with Crippen LogP contribution in [0, 0.1) is 0 Å². The summed E-state index contributed by atoms with van der Waals surface area (Å²) in [6, 6.07) is 12.7. The van der Waals surface area contributed by atoms with E-state index >= 15 is 0 Å². The molecule has 0 bridgehead atoms. The van der Waals surface area contributed by atoms with E-state index in [0.717, 1.165) is 10.0 Å². The van der Waals surface area contributed by atoms with Crippen LogP contribution in [0.2, 0.25) is 5.02 Å². The number of carbonyl (C=O) groups is 1. The molecule has 0 aliphatic carbocycles. The van der Waals surface area contributed by atoms with E-state index in [0.29, 0.717) is 16.5 Å². The minimum absolute atomic E-state index is 0.289. The fourth-order valence-electron chi connectivity index (χ4n) is 2.29. The average molecular weight is 380 g/mol. The summed E-state index contributed by atoms with van der Waals surface area (Å²) in [5.41, 5.74) is 0.0741. The van der Waals surface area contributed by atoms with Gasteiger partial charge in [0.1, 0.15) is 5.75 Å². The lowest BCUT2D eigenvalue weighted by atomic mass is 10.0. The van der Waals surface area contributed by atoms with E-state index in [-0.39, 0.29) is 12.3 Å². The van der Waals surface area contributed by atoms with Crippen LogP contribution in [0.5, 0.6) is 5.75 Å². The lowest BCUT2D eigenvalue weighted by molar-refractivity contribution is -0.131. The minimum atomic E-state index is -1.38. The molecule has 22 heavy (non-hydrogen) atoms. The van der Waals surface area contributed by atoms with E-state index in [1.54, 1.807) is 18.2 Å². The van der Waals surface area contributed by atoms with Crippen LogP contribution in [0.4, 0.5) is 5.69 Å². The van der Waals surface area contributed by atoms with Crippen molar-refractivity contribution in [1.82, 2.24) is 0 Å². The molecule has 0 spiro atoms. The van der Waals surface area contributed by atoms with Gasteiger partial charge in [-0.2, -0.15) is 0 Å². The third kappa shape index (κ3) is 2.74. The number of aliphatic imine (C=N–C) groups is 1. The second-order valence-electron chi connectivity index (χ2n) is 4.94. The number of ether oxygens (including phenoxy) is 1. The van der Waals surface area contributed by atoms with Crippen molar-refractivity contribution in [3.05, 3.63) is 57.5 Å². The highest BCUT2D eigenvalue weighted by atomic mass is 79.9. The topological polar surface area (TPSA) is 50.7 Å². The lowest BCUT2D eigenvalue weighted by Crippen LogP contribution is -2.51. The van der Waals surface area contributed by atoms with Gasteiger partial charge in [0.2, 0.25) is 0 Å². The summed E-state index contributed by atoms with van der Waals surface area (Å²) in [7, 11) is 0. The van der Waals surface area contributed by atoms with Gasteiger partial charge in [-0.25, -0.2) is 4.99 Å². The Morgan fingerprint density at radius 3 is 2.68 bits per heavy atom. The maximum Gasteiger partial charge on any atom is 0.292 e. The van der Waals surface area contributed by atoms with Crippen molar-refractivity contribution in [3.8, 4) is 5.75 Å². The molecular weight excluding hydrogens is 368 g/mol. The molecule has 4 nitrogen and oxygen atoms in total. The van der Waals surface area contributed by atoms with Gasteiger partial charge in [-0.1, -0.05) is 39.7 Å². The monoisotopic (exact) mass is 378 g/mol. The van der Waals surface area contributed by atoms with Crippen molar-refractivity contribution in [2.45, 2.75) is 12.1 Å². The highest BCUT2D eigenvalue weighted by molar-refractivity contribution is 9.10. The Balaban J connectivity index is 1.95. The van der Waals surface area contributed by atoms with Crippen LogP contribution in [0.1, 0.15) is 5.56 Å². The average Bonchev–Trinajstić information content (AvgIpc) is 2.50. The number of anilines is 1. The van der Waals surface area contributed by atoms with Gasteiger partial charge in [0.15, 0.2) is 0 Å². The molecule has 112 valence electrons. The molecule has 0 fully saturated rings. The maximum atomic E-state index is 12.5. The van der Waals surface area contributed by atoms with Crippen LogP contribution >= 0.6 is 27.5 Å². The number of fused-ring (bicyclic) bond motifs is 1. The van der Waals surface area contributed by atoms with Gasteiger partial charge in [0.25, 0.3) is 11.6 Å². The van der Waals surface area contributed by atoms with E-state index in [1.165, 1.54) is 0 Å². The Morgan fingerprint density at radius 1 is 1.27 bits per heavy atom. The summed E-state index contributed by atoms with van der Waals surface area (Å²) in [5.74, 6) is 0.161. The molecule has 2 aromatic carbocycles. The Kier molecular flexibility index (Phi) is 3.93. The van der Waals surface area contributed by atoms with Crippen molar-refractivity contribution in [2.24, 2.45) is 4.99 Å². The van der Waals surface area contributed by atoms with Crippen LogP contribution < -0.4 is 10.1 Å². The summed E-state index contributed by atoms with van der Waals surface area (Å²) < 4.78 is 6.82. The number of carbonyl (C=O) groups excluding carboxylic acids is 1. The molecule has 0 radical (unpaired) electrons. The van der Waals surface area contributed by atoms with Crippen molar-refractivity contribution >= 4 is 45.8 Å². The molecular formula is C16H12BrClN2O2. The lowest BCUT2D eigenvalue weighted by Gasteiger charge is -2.34. The van der Waals surface area contributed by atoms with Crippen molar-refractivity contribution in [3.63, 3.8) is 0 Å². The summed E-state index contributed by atoms with van der Waals surface area (Å²) in [6.45, 7) is 3.54. The van der Waals surface area contributed by atoms with Gasteiger partial charge < -0.3 is 10.1 Å². The summed E-state index contributed by atoms with van der Waals surface area (Å²) in [4.78, 5) is 16.4. The van der Waals surface area contributed by atoms with Crippen LogP contribution in [-0.4, -0.2) is 18.3 Å². The van der Waals surface area contributed by atoms with Crippen LogP contribution in [-0.2, 0) is 11.2 Å². The Morgan fingerprint density at radius 2 is 2.00 bits per heavy atom. The Bertz CT molecular complexity index is 748. The number of rotatable bonds is 3. The number of nitrogens with zero attached hydrogens (tertiary/aromatic N) is 1. The third-order valence-corrected chi connectivity index (χ3v) is 4.20. The zero-order chi connectivity index (χ0) is 15.7. The largest absolute Gasteiger partial charge is 0.454 e. The summed E-state index contributed by atoms with van der Waals surface area (Å²) in [5, 5.41) is 3.31. The number of amides is 1. The molecule has 1 heterocycles. The van der Waals surface area contributed by atoms with E-state index in [2.05, 4.69) is 33.0 Å². The van der Waals surface area contributed by atoms with E-state index in [1.807, 2.05) is 24.3 Å². The molecule has 6 heteroatoms. The number of halogens is 2. The normalized spacial score (nSPS) is 19.8. The van der Waals surface area contributed by atoms with E-state index in [4.69, 9.17) is 16.3 Å². The molecule has 1 amide bonds. The fraction of sp³-hybridized carbons (Fsp3) is 0.125. The zero-order valence-corrected chi connectivity index (χ0v) is 13.8. The molecule has 0 saturated heterocycles. The molecule has 0 saturated carbocycles. The molecule has 1 atom stereocenters. The predicted molar refractivity (Wildman–Crippen MR) is 90.8 cm³/mol. The van der Waals surface area contributed by atoms with Crippen molar-refractivity contribution < 1.29 is 9.53 Å². The highest BCUT2D eigenvalue weighted by Gasteiger charge is 2.44. The van der Waals surface area contributed by atoms with Crippen LogP contribution in [0.15, 0.2) is 51.9 Å². The fourth-order valence-corrected chi connectivity index (χ4v) is 2.73. The van der Waals surface area contributed by atoms with Gasteiger partial charge in [-0.3, -0.25) is 4.79 Å². The van der Waals surface area contributed by atoms with Crippen LogP contribution in [0.3, 0.4) is 0 Å². The van der Waals surface area contributed by atoms with Gasteiger partial charge in [-0.15, -0.1) is 0 Å². The van der Waals surface area contributed by atoms with Crippen LogP contribution in [0.25, 0.3) is 0 Å². The third-order valence-electron chi connectivity index (χ3n) is 3.44. The van der Waals surface area contributed by atoms with Gasteiger partial charge in [0.05, 0.1) is 5.69 Å². The molecule has 1 aliphatic rings. The second-order valence-corrected chi connectivity index (χ2v) is 6.29. The molecule has 1 aliphatic heterocycles. The highest BCUT2D eigenvalue weighted by Crippen LogP contribution is 2.37. The standard InChI is InChI=1S/C16H12BrClN2O2/c1-19-16(9-10-2-4-11(17)5-3-10)15(21)20-13-8-12(18)6-7-14(13)22-16/h2-8H,1,9H2,(H,20,21). The number of hydrogen-bond acceptors (Lipinski definition) is 3. The first-order chi connectivity index (χ1) is 10.5. The number of hydrogen-bond donors (Lipinski definition) is 1. The maximum absolute atomic E-state index is 12.5. The molecule has 1 unspecified atom stereocenters. The van der Waals surface area contributed by atoms with Gasteiger partial charge >= 0.3 is 0 Å². The molecule has 1 N–H and O–H groups in total. The zero-order valence-electron chi connectivity index (χ0n) is 11.5. The van der Waals surface area contributed by atoms with Crippen molar-refractivity contribution in [2.75, 3.05) is 5.32 Å². The molecule has 0 aromatic heterocycles. The summed E-state index contributed by atoms with van der Waals surface area (Å²) >= 11 is 9.31. The number of benzene rings is 2. The second kappa shape index (κ2) is 5.74. The first-order valence-electron chi connectivity index (χ1n) is 6.55. The van der Waals surface area contributed by atoms with E-state index < -0.39 is 5.72 Å². The van der Waals surface area contributed by atoms with Gasteiger partial charge in [-0.05, 0) is 42.6 Å².